The van der Waals surface area contributed by atoms with Crippen molar-refractivity contribution in [2.45, 2.75) is 53.0 Å². The Balaban J connectivity index is 4.33. The van der Waals surface area contributed by atoms with Gasteiger partial charge >= 0.3 is 5.97 Å². The molecule has 0 aromatic rings. The van der Waals surface area contributed by atoms with E-state index >= 15 is 0 Å². The lowest BCUT2D eigenvalue weighted by Crippen LogP contribution is -2.45. The van der Waals surface area contributed by atoms with E-state index in [0.717, 1.165) is 12.8 Å². The second kappa shape index (κ2) is 8.66. The summed E-state index contributed by atoms with van der Waals surface area (Å²) < 4.78 is 5.07. The molecule has 1 amide bonds. The number of hydrogen-bond acceptors (Lipinski definition) is 4. The quantitative estimate of drug-likeness (QED) is 0.406. The Morgan fingerprint density at radius 1 is 1.22 bits per heavy atom. The number of ketones is 1. The van der Waals surface area contributed by atoms with Crippen LogP contribution in [0.1, 0.15) is 47.0 Å². The van der Waals surface area contributed by atoms with Crippen molar-refractivity contribution in [1.29, 1.82) is 0 Å². The number of hydrogen-bond donors (Lipinski definition) is 1. The van der Waals surface area contributed by atoms with Gasteiger partial charge in [-0.2, -0.15) is 0 Å². The van der Waals surface area contributed by atoms with Crippen molar-refractivity contribution in [1.82, 2.24) is 5.32 Å². The SMILES string of the molecule is CCCCOC(=O)[C@@H](NC(=O)CC(C)=O)C(C)C. The lowest BCUT2D eigenvalue weighted by Gasteiger charge is -2.20. The van der Waals surface area contributed by atoms with Gasteiger partial charge in [-0.25, -0.2) is 4.79 Å². The largest absolute Gasteiger partial charge is 0.464 e. The zero-order valence-corrected chi connectivity index (χ0v) is 11.6. The maximum atomic E-state index is 11.8. The highest BCUT2D eigenvalue weighted by atomic mass is 16.5. The Morgan fingerprint density at radius 3 is 2.28 bits per heavy atom. The zero-order chi connectivity index (χ0) is 14.1. The Kier molecular flexibility index (Phi) is 8.00. The molecule has 0 saturated heterocycles. The first-order chi connectivity index (χ1) is 8.38. The Morgan fingerprint density at radius 2 is 1.83 bits per heavy atom. The van der Waals surface area contributed by atoms with E-state index in [-0.39, 0.29) is 18.1 Å². The van der Waals surface area contributed by atoms with Gasteiger partial charge in [0, 0.05) is 0 Å². The molecule has 0 radical (unpaired) electrons. The van der Waals surface area contributed by atoms with Crippen LogP contribution in [-0.2, 0) is 19.1 Å². The van der Waals surface area contributed by atoms with Gasteiger partial charge in [0.1, 0.15) is 11.8 Å². The Labute approximate surface area is 108 Å². The van der Waals surface area contributed by atoms with E-state index < -0.39 is 17.9 Å². The fraction of sp³-hybridized carbons (Fsp3) is 0.769. The second-order valence-corrected chi connectivity index (χ2v) is 4.69. The molecule has 1 N–H and O–H groups in total. The minimum atomic E-state index is -0.686. The molecule has 0 saturated carbocycles. The molecule has 0 bridgehead atoms. The third-order valence-electron chi connectivity index (χ3n) is 2.39. The fourth-order valence-electron chi connectivity index (χ4n) is 1.36. The minimum Gasteiger partial charge on any atom is -0.464 e. The smallest absolute Gasteiger partial charge is 0.328 e. The van der Waals surface area contributed by atoms with Gasteiger partial charge in [-0.05, 0) is 19.3 Å². The summed E-state index contributed by atoms with van der Waals surface area (Å²) in [5.41, 5.74) is 0. The zero-order valence-electron chi connectivity index (χ0n) is 11.6. The van der Waals surface area contributed by atoms with E-state index in [0.29, 0.717) is 6.61 Å². The molecule has 0 aliphatic heterocycles. The maximum absolute atomic E-state index is 11.8. The van der Waals surface area contributed by atoms with Gasteiger partial charge in [-0.3, -0.25) is 9.59 Å². The molecule has 0 aromatic heterocycles. The lowest BCUT2D eigenvalue weighted by molar-refractivity contribution is -0.149. The summed E-state index contributed by atoms with van der Waals surface area (Å²) in [7, 11) is 0. The number of unbranched alkanes of at least 4 members (excludes halogenated alkanes) is 1. The first-order valence-corrected chi connectivity index (χ1v) is 6.33. The van der Waals surface area contributed by atoms with Crippen LogP contribution in [0.5, 0.6) is 0 Å². The van der Waals surface area contributed by atoms with Crippen molar-refractivity contribution >= 4 is 17.7 Å². The van der Waals surface area contributed by atoms with Crippen molar-refractivity contribution < 1.29 is 19.1 Å². The van der Waals surface area contributed by atoms with Crippen LogP contribution >= 0.6 is 0 Å². The highest BCUT2D eigenvalue weighted by molar-refractivity contribution is 5.98. The third kappa shape index (κ3) is 7.04. The number of amides is 1. The molecule has 0 aliphatic carbocycles. The molecule has 5 nitrogen and oxygen atoms in total. The van der Waals surface area contributed by atoms with Crippen molar-refractivity contribution in [3.05, 3.63) is 0 Å². The monoisotopic (exact) mass is 257 g/mol. The van der Waals surface area contributed by atoms with Crippen LogP contribution in [0.4, 0.5) is 0 Å². The summed E-state index contributed by atoms with van der Waals surface area (Å²) in [4.78, 5) is 34.0. The highest BCUT2D eigenvalue weighted by Gasteiger charge is 2.25. The fourth-order valence-corrected chi connectivity index (χ4v) is 1.36. The summed E-state index contributed by atoms with van der Waals surface area (Å²) in [6, 6.07) is -0.686. The van der Waals surface area contributed by atoms with Crippen molar-refractivity contribution in [2.75, 3.05) is 6.61 Å². The van der Waals surface area contributed by atoms with Gasteiger partial charge < -0.3 is 10.1 Å². The van der Waals surface area contributed by atoms with Gasteiger partial charge in [0.15, 0.2) is 0 Å². The van der Waals surface area contributed by atoms with E-state index in [1.54, 1.807) is 0 Å². The van der Waals surface area contributed by atoms with Gasteiger partial charge in [-0.15, -0.1) is 0 Å². The van der Waals surface area contributed by atoms with E-state index in [1.807, 2.05) is 20.8 Å². The van der Waals surface area contributed by atoms with Gasteiger partial charge in [-0.1, -0.05) is 27.2 Å². The molecule has 18 heavy (non-hydrogen) atoms. The number of nitrogens with one attached hydrogen (secondary N) is 1. The molecule has 0 unspecified atom stereocenters. The molecule has 0 aromatic carbocycles. The van der Waals surface area contributed by atoms with Crippen LogP contribution in [0.15, 0.2) is 0 Å². The van der Waals surface area contributed by atoms with Crippen molar-refractivity contribution in [3.8, 4) is 0 Å². The molecular formula is C13H23NO4. The van der Waals surface area contributed by atoms with Gasteiger partial charge in [0.25, 0.3) is 0 Å². The summed E-state index contributed by atoms with van der Waals surface area (Å²) in [6.45, 7) is 7.34. The highest BCUT2D eigenvalue weighted by Crippen LogP contribution is 2.05. The molecule has 0 rings (SSSR count). The molecule has 0 fully saturated rings. The summed E-state index contributed by atoms with van der Waals surface area (Å²) in [6.07, 6.45) is 1.54. The standard InChI is InChI=1S/C13H23NO4/c1-5-6-7-18-13(17)12(9(2)3)14-11(16)8-10(4)15/h9,12H,5-8H2,1-4H3,(H,14,16)/t12-/m0/s1. The van der Waals surface area contributed by atoms with E-state index in [4.69, 9.17) is 4.74 Å². The van der Waals surface area contributed by atoms with Crippen LogP contribution in [0.2, 0.25) is 0 Å². The lowest BCUT2D eigenvalue weighted by atomic mass is 10.0. The molecule has 5 heteroatoms. The molecule has 0 spiro atoms. The van der Waals surface area contributed by atoms with Gasteiger partial charge in [0.05, 0.1) is 13.0 Å². The molecule has 1 atom stereocenters. The Hall–Kier alpha value is -1.39. The van der Waals surface area contributed by atoms with Crippen LogP contribution < -0.4 is 5.32 Å². The van der Waals surface area contributed by atoms with E-state index in [9.17, 15) is 14.4 Å². The number of rotatable bonds is 8. The first-order valence-electron chi connectivity index (χ1n) is 6.33. The number of esters is 1. The average Bonchev–Trinajstić information content (AvgIpc) is 2.24. The summed E-state index contributed by atoms with van der Waals surface area (Å²) >= 11 is 0. The maximum Gasteiger partial charge on any atom is 0.328 e. The minimum absolute atomic E-state index is 0.0740. The van der Waals surface area contributed by atoms with Gasteiger partial charge in [0.2, 0.25) is 5.91 Å². The summed E-state index contributed by atoms with van der Waals surface area (Å²) in [5, 5.41) is 2.54. The van der Waals surface area contributed by atoms with Crippen LogP contribution in [0.25, 0.3) is 0 Å². The summed E-state index contributed by atoms with van der Waals surface area (Å²) in [5.74, 6) is -1.17. The average molecular weight is 257 g/mol. The molecule has 104 valence electrons. The van der Waals surface area contributed by atoms with Crippen molar-refractivity contribution in [3.63, 3.8) is 0 Å². The van der Waals surface area contributed by atoms with E-state index in [1.165, 1.54) is 6.92 Å². The first kappa shape index (κ1) is 16.6. The molecule has 0 heterocycles. The van der Waals surface area contributed by atoms with E-state index in [2.05, 4.69) is 5.32 Å². The number of Topliss-reactive ketones (excluding diaryl/α,β-unsaturated/α-hetero) is 1. The normalized spacial score (nSPS) is 12.1. The third-order valence-corrected chi connectivity index (χ3v) is 2.39. The van der Waals surface area contributed by atoms with Crippen LogP contribution in [-0.4, -0.2) is 30.3 Å². The number of ether oxygens (including phenoxy) is 1. The predicted molar refractivity (Wildman–Crippen MR) is 67.9 cm³/mol. The molecular weight excluding hydrogens is 234 g/mol. The Bertz CT molecular complexity index is 299. The second-order valence-electron chi connectivity index (χ2n) is 4.69. The molecule has 0 aliphatic rings. The topological polar surface area (TPSA) is 72.5 Å². The van der Waals surface area contributed by atoms with Crippen LogP contribution in [0, 0.1) is 5.92 Å². The number of carbonyl (C=O) groups is 3. The van der Waals surface area contributed by atoms with Crippen LogP contribution in [0.3, 0.4) is 0 Å². The van der Waals surface area contributed by atoms with Crippen molar-refractivity contribution in [2.24, 2.45) is 5.92 Å². The number of carbonyl (C=O) groups excluding carboxylic acids is 3. The predicted octanol–water partition coefficient (Wildman–Crippen LogP) is 1.45.